The molecule has 1 atom stereocenters. The number of imide groups is 1. The molecule has 0 aromatic heterocycles. The molecule has 0 radical (unpaired) electrons. The molecule has 156 valence electrons. The SMILES string of the molecule is CC(=O)N(C(=O)CCCO[N+](=O)[O-])c1ccc(OCC(O)CNC(C)C)cc1. The largest absolute Gasteiger partial charge is 0.491 e. The first-order chi connectivity index (χ1) is 13.2. The summed E-state index contributed by atoms with van der Waals surface area (Å²) in [6.07, 6.45) is -0.618. The predicted molar refractivity (Wildman–Crippen MR) is 101 cm³/mol. The summed E-state index contributed by atoms with van der Waals surface area (Å²) in [4.78, 5) is 39.4. The van der Waals surface area contributed by atoms with E-state index in [0.717, 1.165) is 4.90 Å². The van der Waals surface area contributed by atoms with Gasteiger partial charge in [0.25, 0.3) is 5.09 Å². The van der Waals surface area contributed by atoms with Crippen molar-refractivity contribution in [2.45, 2.75) is 45.8 Å². The Morgan fingerprint density at radius 2 is 1.93 bits per heavy atom. The number of aliphatic hydroxyl groups is 1. The van der Waals surface area contributed by atoms with Crippen molar-refractivity contribution in [2.75, 3.05) is 24.7 Å². The highest BCUT2D eigenvalue weighted by Crippen LogP contribution is 2.21. The second-order valence-corrected chi connectivity index (χ2v) is 6.43. The predicted octanol–water partition coefficient (Wildman–Crippen LogP) is 1.29. The Balaban J connectivity index is 2.60. The number of amides is 2. The number of hydrogen-bond acceptors (Lipinski definition) is 8. The molecular formula is C18H27N3O7. The third-order valence-corrected chi connectivity index (χ3v) is 3.60. The molecule has 28 heavy (non-hydrogen) atoms. The quantitative estimate of drug-likeness (QED) is 0.306. The average molecular weight is 397 g/mol. The van der Waals surface area contributed by atoms with Gasteiger partial charge >= 0.3 is 0 Å². The first-order valence-electron chi connectivity index (χ1n) is 8.95. The van der Waals surface area contributed by atoms with Crippen LogP contribution in [0.5, 0.6) is 5.75 Å². The van der Waals surface area contributed by atoms with Gasteiger partial charge in [-0.1, -0.05) is 13.8 Å². The Morgan fingerprint density at radius 3 is 2.46 bits per heavy atom. The number of benzene rings is 1. The Kier molecular flexibility index (Phi) is 9.89. The molecule has 1 unspecified atom stereocenters. The molecular weight excluding hydrogens is 370 g/mol. The lowest BCUT2D eigenvalue weighted by atomic mass is 10.2. The zero-order valence-corrected chi connectivity index (χ0v) is 16.3. The summed E-state index contributed by atoms with van der Waals surface area (Å²) in [6, 6.07) is 6.56. The van der Waals surface area contributed by atoms with Crippen LogP contribution >= 0.6 is 0 Å². The second kappa shape index (κ2) is 11.9. The second-order valence-electron chi connectivity index (χ2n) is 6.43. The smallest absolute Gasteiger partial charge is 0.294 e. The third-order valence-electron chi connectivity index (χ3n) is 3.60. The van der Waals surface area contributed by atoms with Crippen LogP contribution in [0, 0.1) is 10.1 Å². The molecule has 0 bridgehead atoms. The highest BCUT2D eigenvalue weighted by Gasteiger charge is 2.20. The maximum absolute atomic E-state index is 12.3. The van der Waals surface area contributed by atoms with Crippen LogP contribution in [0.4, 0.5) is 5.69 Å². The average Bonchev–Trinajstić information content (AvgIpc) is 2.62. The summed E-state index contributed by atoms with van der Waals surface area (Å²) in [6.45, 7) is 5.50. The van der Waals surface area contributed by atoms with Crippen molar-refractivity contribution in [1.29, 1.82) is 0 Å². The van der Waals surface area contributed by atoms with E-state index in [-0.39, 0.29) is 32.1 Å². The van der Waals surface area contributed by atoms with Gasteiger partial charge in [0.1, 0.15) is 18.5 Å². The molecule has 0 aliphatic carbocycles. The number of rotatable bonds is 12. The lowest BCUT2D eigenvalue weighted by Crippen LogP contribution is -2.35. The number of hydrogen-bond donors (Lipinski definition) is 2. The highest BCUT2D eigenvalue weighted by atomic mass is 16.9. The molecule has 0 fully saturated rings. The number of anilines is 1. The van der Waals surface area contributed by atoms with E-state index in [9.17, 15) is 24.8 Å². The Bertz CT molecular complexity index is 649. The van der Waals surface area contributed by atoms with E-state index in [4.69, 9.17) is 4.74 Å². The van der Waals surface area contributed by atoms with Gasteiger partial charge in [-0.15, -0.1) is 10.1 Å². The van der Waals surface area contributed by atoms with Crippen LogP contribution in [0.3, 0.4) is 0 Å². The number of nitrogens with zero attached hydrogens (tertiary/aromatic N) is 2. The topological polar surface area (TPSA) is 131 Å². The number of nitrogens with one attached hydrogen (secondary N) is 1. The fourth-order valence-corrected chi connectivity index (χ4v) is 2.29. The molecule has 0 saturated carbocycles. The summed E-state index contributed by atoms with van der Waals surface area (Å²) in [5.41, 5.74) is 0.363. The van der Waals surface area contributed by atoms with E-state index in [1.807, 2.05) is 13.8 Å². The van der Waals surface area contributed by atoms with Crippen molar-refractivity contribution in [3.8, 4) is 5.75 Å². The third kappa shape index (κ3) is 8.78. The van der Waals surface area contributed by atoms with Crippen LogP contribution < -0.4 is 15.0 Å². The van der Waals surface area contributed by atoms with Gasteiger partial charge in [0.2, 0.25) is 11.8 Å². The van der Waals surface area contributed by atoms with Crippen LogP contribution in [0.25, 0.3) is 0 Å². The van der Waals surface area contributed by atoms with E-state index in [2.05, 4.69) is 10.2 Å². The number of carbonyl (C=O) groups is 2. The van der Waals surface area contributed by atoms with Crippen LogP contribution in [0.15, 0.2) is 24.3 Å². The van der Waals surface area contributed by atoms with Crippen molar-refractivity contribution >= 4 is 17.5 Å². The fourth-order valence-electron chi connectivity index (χ4n) is 2.29. The van der Waals surface area contributed by atoms with Crippen LogP contribution in [0.1, 0.15) is 33.6 Å². The maximum atomic E-state index is 12.3. The lowest BCUT2D eigenvalue weighted by molar-refractivity contribution is -0.757. The van der Waals surface area contributed by atoms with Gasteiger partial charge in [-0.2, -0.15) is 0 Å². The molecule has 0 saturated heterocycles. The molecule has 0 aliphatic heterocycles. The van der Waals surface area contributed by atoms with Crippen molar-refractivity contribution in [3.05, 3.63) is 34.4 Å². The van der Waals surface area contributed by atoms with Crippen molar-refractivity contribution in [1.82, 2.24) is 5.32 Å². The van der Waals surface area contributed by atoms with Crippen LogP contribution in [-0.2, 0) is 14.4 Å². The molecule has 10 heteroatoms. The normalized spacial score (nSPS) is 11.8. The molecule has 1 aromatic rings. The van der Waals surface area contributed by atoms with E-state index in [1.54, 1.807) is 24.3 Å². The van der Waals surface area contributed by atoms with Crippen molar-refractivity contribution in [2.24, 2.45) is 0 Å². The lowest BCUT2D eigenvalue weighted by Gasteiger charge is -2.20. The molecule has 2 N–H and O–H groups in total. The summed E-state index contributed by atoms with van der Waals surface area (Å²) in [5.74, 6) is -0.463. The van der Waals surface area contributed by atoms with Crippen LogP contribution in [0.2, 0.25) is 0 Å². The summed E-state index contributed by atoms with van der Waals surface area (Å²) in [5, 5.41) is 22.1. The molecule has 1 aromatic carbocycles. The fraction of sp³-hybridized carbons (Fsp3) is 0.556. The first-order valence-corrected chi connectivity index (χ1v) is 8.95. The standard InChI is InChI=1S/C18H27N3O7/c1-13(2)19-11-16(23)12-27-17-8-6-15(7-9-17)20(14(3)22)18(24)5-4-10-28-21(25)26/h6-9,13,16,19,23H,4-5,10-12H2,1-3H3. The van der Waals surface area contributed by atoms with Gasteiger partial charge in [-0.3, -0.25) is 14.5 Å². The first kappa shape index (κ1) is 23.3. The monoisotopic (exact) mass is 397 g/mol. The number of ether oxygens (including phenoxy) is 1. The zero-order chi connectivity index (χ0) is 21.1. The van der Waals surface area contributed by atoms with E-state index >= 15 is 0 Å². The summed E-state index contributed by atoms with van der Waals surface area (Å²) < 4.78 is 5.50. The number of aliphatic hydroxyl groups excluding tert-OH is 1. The zero-order valence-electron chi connectivity index (χ0n) is 16.3. The van der Waals surface area contributed by atoms with Gasteiger partial charge in [0, 0.05) is 25.9 Å². The molecule has 2 amide bonds. The van der Waals surface area contributed by atoms with Crippen molar-refractivity contribution in [3.63, 3.8) is 0 Å². The Morgan fingerprint density at radius 1 is 1.29 bits per heavy atom. The minimum absolute atomic E-state index is 0.0687. The minimum Gasteiger partial charge on any atom is -0.491 e. The van der Waals surface area contributed by atoms with Gasteiger partial charge in [-0.25, -0.2) is 0 Å². The van der Waals surface area contributed by atoms with Gasteiger partial charge in [-0.05, 0) is 30.7 Å². The van der Waals surface area contributed by atoms with Gasteiger partial charge in [0.15, 0.2) is 0 Å². The summed E-state index contributed by atoms with van der Waals surface area (Å²) >= 11 is 0. The highest BCUT2D eigenvalue weighted by molar-refractivity contribution is 6.13. The van der Waals surface area contributed by atoms with E-state index < -0.39 is 23.0 Å². The van der Waals surface area contributed by atoms with E-state index in [0.29, 0.717) is 18.0 Å². The Labute approximate surface area is 163 Å². The molecule has 0 heterocycles. The van der Waals surface area contributed by atoms with E-state index in [1.165, 1.54) is 6.92 Å². The maximum Gasteiger partial charge on any atom is 0.294 e. The van der Waals surface area contributed by atoms with Gasteiger partial charge < -0.3 is 20.0 Å². The molecule has 0 aliphatic rings. The minimum atomic E-state index is -0.929. The Hall–Kier alpha value is -2.72. The number of carbonyl (C=O) groups excluding carboxylic acids is 2. The van der Waals surface area contributed by atoms with Gasteiger partial charge in [0.05, 0.1) is 12.3 Å². The molecule has 10 nitrogen and oxygen atoms in total. The summed E-state index contributed by atoms with van der Waals surface area (Å²) in [7, 11) is 0. The molecule has 1 rings (SSSR count). The molecule has 0 spiro atoms. The van der Waals surface area contributed by atoms with Crippen molar-refractivity contribution < 1.29 is 29.4 Å². The van der Waals surface area contributed by atoms with Crippen LogP contribution in [-0.4, -0.2) is 53.9 Å².